The first-order valence-electron chi connectivity index (χ1n) is 7.33. The normalized spacial score (nSPS) is 11.3. The molecule has 1 aromatic carbocycles. The van der Waals surface area contributed by atoms with Gasteiger partial charge in [0.05, 0.1) is 13.0 Å². The van der Waals surface area contributed by atoms with Crippen molar-refractivity contribution in [2.24, 2.45) is 5.92 Å². The number of nitrogens with zero attached hydrogens (tertiary/aromatic N) is 1. The molecule has 1 aromatic rings. The fraction of sp³-hybridized carbons (Fsp3) is 0.438. The number of carboxylic acids is 1. The zero-order valence-corrected chi connectivity index (χ0v) is 13.9. The molecule has 132 valence electrons. The quantitative estimate of drug-likeness (QED) is 0.688. The molecule has 0 saturated heterocycles. The number of carboxylic acid groups (broad SMARTS) is 1. The van der Waals surface area contributed by atoms with Crippen molar-refractivity contribution in [3.05, 3.63) is 29.8 Å². The summed E-state index contributed by atoms with van der Waals surface area (Å²) in [4.78, 5) is 35.1. The molecule has 1 atom stereocenters. The molecule has 2 N–H and O–H groups in total. The second-order valence-corrected chi connectivity index (χ2v) is 5.29. The van der Waals surface area contributed by atoms with Gasteiger partial charge in [-0.2, -0.15) is 0 Å². The minimum atomic E-state index is -0.954. The summed E-state index contributed by atoms with van der Waals surface area (Å²) in [6.07, 6.45) is 0. The molecule has 0 bridgehead atoms. The van der Waals surface area contributed by atoms with Crippen molar-refractivity contribution in [1.29, 1.82) is 0 Å². The van der Waals surface area contributed by atoms with Crippen molar-refractivity contribution in [3.8, 4) is 5.75 Å². The summed E-state index contributed by atoms with van der Waals surface area (Å²) in [5, 5.41) is 11.5. The number of hydrogen-bond acceptors (Lipinski definition) is 5. The van der Waals surface area contributed by atoms with Crippen LogP contribution in [-0.4, -0.2) is 55.3 Å². The molecular formula is C16H22N2O6. The number of urea groups is 1. The molecule has 1 unspecified atom stereocenters. The van der Waals surface area contributed by atoms with Crippen molar-refractivity contribution in [3.63, 3.8) is 0 Å². The Hall–Kier alpha value is -2.77. The summed E-state index contributed by atoms with van der Waals surface area (Å²) < 4.78 is 9.76. The van der Waals surface area contributed by atoms with Gasteiger partial charge in [-0.3, -0.25) is 4.79 Å². The van der Waals surface area contributed by atoms with Crippen LogP contribution in [0.2, 0.25) is 0 Å². The molecule has 0 saturated carbocycles. The summed E-state index contributed by atoms with van der Waals surface area (Å²) in [5.41, 5.74) is 0.783. The summed E-state index contributed by atoms with van der Waals surface area (Å²) in [6, 6.07) is 6.55. The molecule has 0 aliphatic carbocycles. The zero-order chi connectivity index (χ0) is 18.1. The third kappa shape index (κ3) is 6.55. The predicted molar refractivity (Wildman–Crippen MR) is 85.6 cm³/mol. The van der Waals surface area contributed by atoms with Gasteiger partial charge in [-0.25, -0.2) is 9.59 Å². The second-order valence-electron chi connectivity index (χ2n) is 5.29. The number of nitrogens with one attached hydrogen (secondary N) is 1. The van der Waals surface area contributed by atoms with Gasteiger partial charge in [0.1, 0.15) is 5.75 Å². The molecule has 0 heterocycles. The van der Waals surface area contributed by atoms with Gasteiger partial charge in [0.15, 0.2) is 6.61 Å². The maximum absolute atomic E-state index is 11.9. The van der Waals surface area contributed by atoms with Crippen LogP contribution in [0, 0.1) is 5.92 Å². The van der Waals surface area contributed by atoms with E-state index in [9.17, 15) is 14.4 Å². The van der Waals surface area contributed by atoms with Gasteiger partial charge in [0.2, 0.25) is 0 Å². The molecule has 2 amide bonds. The van der Waals surface area contributed by atoms with E-state index >= 15 is 0 Å². The highest BCUT2D eigenvalue weighted by Crippen LogP contribution is 2.13. The molecule has 24 heavy (non-hydrogen) atoms. The fourth-order valence-corrected chi connectivity index (χ4v) is 1.83. The number of amides is 2. The SMILES string of the molecule is COC(=O)COc1cccc(CNC(=O)N(C)CC(C)C(=O)O)c1. The first-order valence-corrected chi connectivity index (χ1v) is 7.33. The number of methoxy groups -OCH3 is 1. The van der Waals surface area contributed by atoms with E-state index < -0.39 is 17.9 Å². The molecule has 0 spiro atoms. The molecule has 8 nitrogen and oxygen atoms in total. The highest BCUT2D eigenvalue weighted by Gasteiger charge is 2.17. The fourth-order valence-electron chi connectivity index (χ4n) is 1.83. The number of rotatable bonds is 8. The van der Waals surface area contributed by atoms with Gasteiger partial charge < -0.3 is 24.8 Å². The largest absolute Gasteiger partial charge is 0.482 e. The van der Waals surface area contributed by atoms with E-state index in [2.05, 4.69) is 10.1 Å². The highest BCUT2D eigenvalue weighted by molar-refractivity contribution is 5.75. The minimum Gasteiger partial charge on any atom is -0.482 e. The van der Waals surface area contributed by atoms with Gasteiger partial charge in [0, 0.05) is 20.1 Å². The summed E-state index contributed by atoms with van der Waals surface area (Å²) in [5.74, 6) is -1.59. The number of aliphatic carboxylic acids is 1. The monoisotopic (exact) mass is 338 g/mol. The Morgan fingerprint density at radius 2 is 2.04 bits per heavy atom. The third-order valence-corrected chi connectivity index (χ3v) is 3.24. The number of carbonyl (C=O) groups is 3. The Morgan fingerprint density at radius 3 is 2.67 bits per heavy atom. The molecule has 0 aromatic heterocycles. The Labute approximate surface area is 140 Å². The van der Waals surface area contributed by atoms with Crippen LogP contribution in [-0.2, 0) is 20.9 Å². The third-order valence-electron chi connectivity index (χ3n) is 3.24. The molecule has 8 heteroatoms. The number of ether oxygens (including phenoxy) is 2. The number of hydrogen-bond donors (Lipinski definition) is 2. The Morgan fingerprint density at radius 1 is 1.33 bits per heavy atom. The van der Waals surface area contributed by atoms with E-state index in [0.29, 0.717) is 5.75 Å². The topological polar surface area (TPSA) is 105 Å². The lowest BCUT2D eigenvalue weighted by atomic mass is 10.2. The lowest BCUT2D eigenvalue weighted by Gasteiger charge is -2.20. The average Bonchev–Trinajstić information content (AvgIpc) is 2.57. The zero-order valence-electron chi connectivity index (χ0n) is 13.9. The van der Waals surface area contributed by atoms with Crippen molar-refractivity contribution < 1.29 is 29.0 Å². The summed E-state index contributed by atoms with van der Waals surface area (Å²) in [7, 11) is 2.81. The molecule has 0 radical (unpaired) electrons. The highest BCUT2D eigenvalue weighted by atomic mass is 16.6. The molecule has 0 aliphatic rings. The van der Waals surface area contributed by atoms with Crippen LogP contribution in [0.15, 0.2) is 24.3 Å². The van der Waals surface area contributed by atoms with Crippen LogP contribution in [0.25, 0.3) is 0 Å². The van der Waals surface area contributed by atoms with Crippen molar-refractivity contribution in [2.75, 3.05) is 27.3 Å². The average molecular weight is 338 g/mol. The van der Waals surface area contributed by atoms with Crippen LogP contribution in [0.4, 0.5) is 4.79 Å². The Balaban J connectivity index is 2.50. The van der Waals surface area contributed by atoms with E-state index in [-0.39, 0.29) is 25.7 Å². The summed E-state index contributed by atoms with van der Waals surface area (Å²) in [6.45, 7) is 1.71. The maximum atomic E-state index is 11.9. The van der Waals surface area contributed by atoms with Crippen molar-refractivity contribution >= 4 is 18.0 Å². The van der Waals surface area contributed by atoms with Gasteiger partial charge in [0.25, 0.3) is 0 Å². The smallest absolute Gasteiger partial charge is 0.343 e. The standard InChI is InChI=1S/C16H22N2O6/c1-11(15(20)21)9-18(2)16(22)17-8-12-5-4-6-13(7-12)24-10-14(19)23-3/h4-7,11H,8-10H2,1-3H3,(H,17,22)(H,20,21). The van der Waals surface area contributed by atoms with E-state index in [1.165, 1.54) is 26.0 Å². The van der Waals surface area contributed by atoms with Gasteiger partial charge in [-0.15, -0.1) is 0 Å². The van der Waals surface area contributed by atoms with Crippen LogP contribution in [0.5, 0.6) is 5.75 Å². The van der Waals surface area contributed by atoms with E-state index in [4.69, 9.17) is 9.84 Å². The van der Waals surface area contributed by atoms with Gasteiger partial charge in [-0.1, -0.05) is 19.1 Å². The molecule has 1 rings (SSSR count). The van der Waals surface area contributed by atoms with E-state index in [1.807, 2.05) is 0 Å². The van der Waals surface area contributed by atoms with Crippen LogP contribution in [0.3, 0.4) is 0 Å². The first kappa shape index (κ1) is 19.3. The van der Waals surface area contributed by atoms with E-state index in [0.717, 1.165) is 5.56 Å². The lowest BCUT2D eigenvalue weighted by molar-refractivity contribution is -0.143. The van der Waals surface area contributed by atoms with Gasteiger partial charge >= 0.3 is 18.0 Å². The summed E-state index contributed by atoms with van der Waals surface area (Å²) >= 11 is 0. The maximum Gasteiger partial charge on any atom is 0.343 e. The first-order chi connectivity index (χ1) is 11.3. The van der Waals surface area contributed by atoms with E-state index in [1.54, 1.807) is 24.3 Å². The lowest BCUT2D eigenvalue weighted by Crippen LogP contribution is -2.40. The molecule has 0 aliphatic heterocycles. The van der Waals surface area contributed by atoms with Crippen molar-refractivity contribution in [2.45, 2.75) is 13.5 Å². The predicted octanol–water partition coefficient (Wildman–Crippen LogP) is 1.10. The number of carbonyl (C=O) groups excluding carboxylic acids is 2. The Kier molecular flexibility index (Phi) is 7.54. The molecular weight excluding hydrogens is 316 g/mol. The van der Waals surface area contributed by atoms with Crippen LogP contribution in [0.1, 0.15) is 12.5 Å². The van der Waals surface area contributed by atoms with Crippen LogP contribution >= 0.6 is 0 Å². The Bertz CT molecular complexity index is 590. The van der Waals surface area contributed by atoms with Crippen molar-refractivity contribution in [1.82, 2.24) is 10.2 Å². The van der Waals surface area contributed by atoms with Gasteiger partial charge in [-0.05, 0) is 17.7 Å². The molecule has 0 fully saturated rings. The number of esters is 1. The minimum absolute atomic E-state index is 0.115. The number of benzene rings is 1. The van der Waals surface area contributed by atoms with Crippen LogP contribution < -0.4 is 10.1 Å². The second kappa shape index (κ2) is 9.39.